The molecule has 1 atom stereocenters. The molecule has 3 rings (SSSR count). The van der Waals surface area contributed by atoms with E-state index in [0.29, 0.717) is 24.5 Å². The molecule has 1 fully saturated rings. The third kappa shape index (κ3) is 4.60. The Labute approximate surface area is 166 Å². The molecule has 28 heavy (non-hydrogen) atoms. The van der Waals surface area contributed by atoms with Crippen molar-refractivity contribution in [2.45, 2.75) is 18.9 Å². The average molecular weight is 400 g/mol. The maximum absolute atomic E-state index is 12.2. The molecule has 1 aromatic heterocycles. The Hall–Kier alpha value is -3.08. The summed E-state index contributed by atoms with van der Waals surface area (Å²) in [4.78, 5) is 23.3. The third-order valence-electron chi connectivity index (χ3n) is 4.26. The SMILES string of the molecule is N#C/C(=C/c1ccc(-c2ccc(Cl)c(C(=O)[O-])c2)o1)C(=O)NC[C@@H]1CCCO1. The standard InChI is InChI=1S/C20H17ClN2O5/c21-17-5-3-12(9-16(17)20(25)26)18-6-4-14(28-18)8-13(10-22)19(24)23-11-15-2-1-7-27-15/h3-6,8-9,15H,1-2,7,11H2,(H,23,24)(H,25,26)/p-1/b13-8-/t15-/m0/s1. The molecule has 7 nitrogen and oxygen atoms in total. The van der Waals surface area contributed by atoms with Crippen molar-refractivity contribution >= 4 is 29.6 Å². The van der Waals surface area contributed by atoms with Gasteiger partial charge in [-0.15, -0.1) is 0 Å². The Morgan fingerprint density at radius 3 is 2.86 bits per heavy atom. The van der Waals surface area contributed by atoms with Gasteiger partial charge in [0.15, 0.2) is 0 Å². The number of benzene rings is 1. The Morgan fingerprint density at radius 2 is 2.18 bits per heavy atom. The van der Waals surface area contributed by atoms with E-state index in [1.54, 1.807) is 18.2 Å². The summed E-state index contributed by atoms with van der Waals surface area (Å²) in [6.45, 7) is 1.03. The van der Waals surface area contributed by atoms with E-state index in [1.807, 2.05) is 6.07 Å². The quantitative estimate of drug-likeness (QED) is 0.587. The fourth-order valence-electron chi connectivity index (χ4n) is 2.82. The monoisotopic (exact) mass is 399 g/mol. The number of amides is 1. The van der Waals surface area contributed by atoms with E-state index in [9.17, 15) is 20.0 Å². The van der Waals surface area contributed by atoms with Crippen molar-refractivity contribution in [3.05, 3.63) is 52.3 Å². The molecule has 0 unspecified atom stereocenters. The molecule has 0 spiro atoms. The zero-order valence-corrected chi connectivity index (χ0v) is 15.5. The predicted molar refractivity (Wildman–Crippen MR) is 99.1 cm³/mol. The molecule has 1 aliphatic heterocycles. The molecular formula is C20H16ClN2O5-. The normalized spacial score (nSPS) is 16.6. The van der Waals surface area contributed by atoms with Crippen molar-refractivity contribution in [2.75, 3.05) is 13.2 Å². The van der Waals surface area contributed by atoms with Gasteiger partial charge in [0.05, 0.1) is 12.1 Å². The van der Waals surface area contributed by atoms with Crippen LogP contribution >= 0.6 is 11.6 Å². The first-order valence-corrected chi connectivity index (χ1v) is 8.98. The van der Waals surface area contributed by atoms with Crippen molar-refractivity contribution in [1.82, 2.24) is 5.32 Å². The molecule has 8 heteroatoms. The van der Waals surface area contributed by atoms with Crippen molar-refractivity contribution in [3.8, 4) is 17.4 Å². The van der Waals surface area contributed by atoms with Crippen molar-refractivity contribution in [1.29, 1.82) is 5.26 Å². The van der Waals surface area contributed by atoms with E-state index >= 15 is 0 Å². The number of furan rings is 1. The van der Waals surface area contributed by atoms with Crippen LogP contribution in [0.3, 0.4) is 0 Å². The number of nitriles is 1. The van der Waals surface area contributed by atoms with Crippen LogP contribution in [0.5, 0.6) is 0 Å². The van der Waals surface area contributed by atoms with Gasteiger partial charge in [-0.3, -0.25) is 4.79 Å². The summed E-state index contributed by atoms with van der Waals surface area (Å²) in [5, 5.41) is 23.1. The summed E-state index contributed by atoms with van der Waals surface area (Å²) < 4.78 is 11.0. The Balaban J connectivity index is 1.74. The second kappa shape index (κ2) is 8.74. The molecule has 1 N–H and O–H groups in total. The van der Waals surface area contributed by atoms with Crippen molar-refractivity contribution in [2.24, 2.45) is 0 Å². The number of halogens is 1. The zero-order valence-electron chi connectivity index (χ0n) is 14.7. The molecule has 1 saturated heterocycles. The van der Waals surface area contributed by atoms with Crippen LogP contribution in [0.2, 0.25) is 5.02 Å². The van der Waals surface area contributed by atoms with Crippen LogP contribution in [0.15, 0.2) is 40.3 Å². The van der Waals surface area contributed by atoms with Crippen LogP contribution in [0.1, 0.15) is 29.0 Å². The first-order valence-electron chi connectivity index (χ1n) is 8.60. The third-order valence-corrected chi connectivity index (χ3v) is 4.59. The van der Waals surface area contributed by atoms with Gasteiger partial charge < -0.3 is 24.4 Å². The van der Waals surface area contributed by atoms with Crippen LogP contribution in [0.4, 0.5) is 0 Å². The fraction of sp³-hybridized carbons (Fsp3) is 0.250. The minimum Gasteiger partial charge on any atom is -0.545 e. The summed E-state index contributed by atoms with van der Waals surface area (Å²) in [6, 6.07) is 9.40. The maximum Gasteiger partial charge on any atom is 0.262 e. The van der Waals surface area contributed by atoms with E-state index in [4.69, 9.17) is 20.8 Å². The summed E-state index contributed by atoms with van der Waals surface area (Å²) in [5.74, 6) is -1.26. The molecule has 0 bridgehead atoms. The number of hydrogen-bond donors (Lipinski definition) is 1. The molecule has 1 amide bonds. The first-order chi connectivity index (χ1) is 13.5. The lowest BCUT2D eigenvalue weighted by Crippen LogP contribution is -2.32. The number of carboxylic acid groups (broad SMARTS) is 1. The predicted octanol–water partition coefficient (Wildman–Crippen LogP) is 2.17. The number of ether oxygens (including phenoxy) is 1. The molecule has 1 aliphatic rings. The molecule has 2 aromatic rings. The Bertz CT molecular complexity index is 967. The highest BCUT2D eigenvalue weighted by atomic mass is 35.5. The van der Waals surface area contributed by atoms with Gasteiger partial charge in [-0.25, -0.2) is 0 Å². The van der Waals surface area contributed by atoms with Crippen molar-refractivity contribution in [3.63, 3.8) is 0 Å². The van der Waals surface area contributed by atoms with Crippen LogP contribution in [-0.2, 0) is 9.53 Å². The number of nitrogens with zero attached hydrogens (tertiary/aromatic N) is 1. The van der Waals surface area contributed by atoms with E-state index in [-0.39, 0.29) is 28.0 Å². The van der Waals surface area contributed by atoms with Crippen LogP contribution in [0, 0.1) is 11.3 Å². The number of rotatable bonds is 6. The van der Waals surface area contributed by atoms with E-state index < -0.39 is 11.9 Å². The number of nitrogens with one attached hydrogen (secondary N) is 1. The zero-order chi connectivity index (χ0) is 20.1. The smallest absolute Gasteiger partial charge is 0.262 e. The highest BCUT2D eigenvalue weighted by Crippen LogP contribution is 2.27. The fourth-order valence-corrected chi connectivity index (χ4v) is 3.01. The van der Waals surface area contributed by atoms with E-state index in [0.717, 1.165) is 12.8 Å². The van der Waals surface area contributed by atoms with Crippen LogP contribution in [-0.4, -0.2) is 31.1 Å². The largest absolute Gasteiger partial charge is 0.545 e. The second-order valence-electron chi connectivity index (χ2n) is 6.20. The van der Waals surface area contributed by atoms with Crippen LogP contribution < -0.4 is 10.4 Å². The van der Waals surface area contributed by atoms with Gasteiger partial charge in [0.1, 0.15) is 23.2 Å². The second-order valence-corrected chi connectivity index (χ2v) is 6.61. The van der Waals surface area contributed by atoms with Crippen molar-refractivity contribution < 1.29 is 23.8 Å². The van der Waals surface area contributed by atoms with Gasteiger partial charge in [-0.1, -0.05) is 11.6 Å². The molecule has 0 radical (unpaired) electrons. The highest BCUT2D eigenvalue weighted by Gasteiger charge is 2.18. The van der Waals surface area contributed by atoms with Crippen LogP contribution in [0.25, 0.3) is 17.4 Å². The number of carbonyl (C=O) groups excluding carboxylic acids is 2. The number of hydrogen-bond acceptors (Lipinski definition) is 6. The van der Waals surface area contributed by atoms with Gasteiger partial charge in [0.25, 0.3) is 5.91 Å². The van der Waals surface area contributed by atoms with Gasteiger partial charge >= 0.3 is 0 Å². The first kappa shape index (κ1) is 19.7. The van der Waals surface area contributed by atoms with Gasteiger partial charge in [0.2, 0.25) is 0 Å². The Kier molecular flexibility index (Phi) is 6.14. The lowest BCUT2D eigenvalue weighted by Gasteiger charge is -2.09. The van der Waals surface area contributed by atoms with Gasteiger partial charge in [0, 0.05) is 35.4 Å². The number of carbonyl (C=O) groups is 2. The minimum absolute atomic E-state index is 0.0260. The maximum atomic E-state index is 12.2. The lowest BCUT2D eigenvalue weighted by atomic mass is 10.1. The molecule has 1 aromatic carbocycles. The topological polar surface area (TPSA) is 115 Å². The van der Waals surface area contributed by atoms with Gasteiger partial charge in [-0.2, -0.15) is 5.26 Å². The molecule has 0 aliphatic carbocycles. The molecule has 2 heterocycles. The lowest BCUT2D eigenvalue weighted by molar-refractivity contribution is -0.255. The molecular weight excluding hydrogens is 384 g/mol. The van der Waals surface area contributed by atoms with Gasteiger partial charge in [-0.05, 0) is 43.2 Å². The molecule has 0 saturated carbocycles. The van der Waals surface area contributed by atoms with E-state index in [1.165, 1.54) is 18.2 Å². The summed E-state index contributed by atoms with van der Waals surface area (Å²) in [5.41, 5.74) is 0.217. The van der Waals surface area contributed by atoms with E-state index in [2.05, 4.69) is 5.32 Å². The summed E-state index contributed by atoms with van der Waals surface area (Å²) in [7, 11) is 0. The number of aromatic carboxylic acids is 1. The minimum atomic E-state index is -1.40. The number of carboxylic acids is 1. The summed E-state index contributed by atoms with van der Waals surface area (Å²) in [6.07, 6.45) is 3.13. The highest BCUT2D eigenvalue weighted by molar-refractivity contribution is 6.33. The summed E-state index contributed by atoms with van der Waals surface area (Å²) >= 11 is 5.83. The Morgan fingerprint density at radius 1 is 1.36 bits per heavy atom. The molecule has 144 valence electrons. The average Bonchev–Trinajstić information content (AvgIpc) is 3.36.